The lowest BCUT2D eigenvalue weighted by atomic mass is 9.92. The fourth-order valence-corrected chi connectivity index (χ4v) is 1.90. The van der Waals surface area contributed by atoms with Crippen LogP contribution in [0.2, 0.25) is 0 Å². The minimum absolute atomic E-state index is 0.223. The molecule has 98 valence electrons. The van der Waals surface area contributed by atoms with Crippen molar-refractivity contribution in [1.82, 2.24) is 10.6 Å². The molecular weight excluding hydrogens is 228 g/mol. The number of amides is 2. The maximum Gasteiger partial charge on any atom is 0.217 e. The molecule has 1 aliphatic heterocycles. The molecule has 2 amide bonds. The zero-order valence-corrected chi connectivity index (χ0v) is 10.0. The molecule has 0 aliphatic carbocycles. The molecule has 4 N–H and O–H groups in total. The van der Waals surface area contributed by atoms with Gasteiger partial charge in [-0.05, 0) is 6.92 Å². The van der Waals surface area contributed by atoms with E-state index in [4.69, 9.17) is 4.74 Å². The van der Waals surface area contributed by atoms with Crippen LogP contribution in [-0.2, 0) is 14.3 Å². The molecule has 1 rings (SSSR count). The second kappa shape index (κ2) is 5.44. The van der Waals surface area contributed by atoms with Gasteiger partial charge in [-0.25, -0.2) is 0 Å². The quantitative estimate of drug-likeness (QED) is 0.433. The molecule has 0 spiro atoms. The predicted molar refractivity (Wildman–Crippen MR) is 57.8 cm³/mol. The maximum absolute atomic E-state index is 11.0. The monoisotopic (exact) mass is 246 g/mol. The van der Waals surface area contributed by atoms with Crippen molar-refractivity contribution < 1.29 is 24.5 Å². The lowest BCUT2D eigenvalue weighted by Gasteiger charge is -2.47. The van der Waals surface area contributed by atoms with E-state index in [9.17, 15) is 19.8 Å². The van der Waals surface area contributed by atoms with Gasteiger partial charge in [0.1, 0.15) is 12.1 Å². The molecule has 7 heteroatoms. The summed E-state index contributed by atoms with van der Waals surface area (Å²) < 4.78 is 5.33. The van der Waals surface area contributed by atoms with E-state index in [1.165, 1.54) is 13.8 Å². The van der Waals surface area contributed by atoms with Crippen LogP contribution in [0.15, 0.2) is 0 Å². The third-order valence-electron chi connectivity index (χ3n) is 2.65. The second-order valence-corrected chi connectivity index (χ2v) is 4.17. The highest BCUT2D eigenvalue weighted by Gasteiger charge is 2.47. The van der Waals surface area contributed by atoms with Gasteiger partial charge in [0.2, 0.25) is 11.8 Å². The Labute approximate surface area is 99.1 Å². The van der Waals surface area contributed by atoms with Crippen LogP contribution < -0.4 is 10.6 Å². The zero-order chi connectivity index (χ0) is 13.2. The summed E-state index contributed by atoms with van der Waals surface area (Å²) in [6.07, 6.45) is -2.61. The van der Waals surface area contributed by atoms with Crippen LogP contribution in [0.25, 0.3) is 0 Å². The predicted octanol–water partition coefficient (Wildman–Crippen LogP) is -1.91. The van der Waals surface area contributed by atoms with Crippen molar-refractivity contribution in [3.05, 3.63) is 0 Å². The molecule has 0 aromatic heterocycles. The highest BCUT2D eigenvalue weighted by molar-refractivity contribution is 5.74. The van der Waals surface area contributed by atoms with Crippen molar-refractivity contribution in [1.29, 1.82) is 0 Å². The van der Waals surface area contributed by atoms with E-state index in [2.05, 4.69) is 10.6 Å². The summed E-state index contributed by atoms with van der Waals surface area (Å²) in [6.45, 7) is 4.39. The molecule has 0 aromatic rings. The first-order valence-corrected chi connectivity index (χ1v) is 5.38. The fraction of sp³-hybridized carbons (Fsp3) is 0.800. The highest BCUT2D eigenvalue weighted by Crippen LogP contribution is 2.25. The topological polar surface area (TPSA) is 108 Å². The lowest BCUT2D eigenvalue weighted by molar-refractivity contribution is -0.201. The molecule has 0 saturated carbocycles. The average Bonchev–Trinajstić information content (AvgIpc) is 2.19. The minimum Gasteiger partial charge on any atom is -0.368 e. The zero-order valence-electron chi connectivity index (χ0n) is 10.0. The third kappa shape index (κ3) is 3.39. The molecule has 7 nitrogen and oxygen atoms in total. The van der Waals surface area contributed by atoms with Gasteiger partial charge >= 0.3 is 0 Å². The molecule has 0 radical (unpaired) electrons. The molecule has 4 unspecified atom stereocenters. The number of carbonyl (C=O) groups is 2. The van der Waals surface area contributed by atoms with Gasteiger partial charge in [0, 0.05) is 13.8 Å². The number of rotatable bonds is 4. The summed E-state index contributed by atoms with van der Waals surface area (Å²) in [5.41, 5.74) is 0. The molecule has 1 aliphatic rings. The number of hydrogen-bond donors (Lipinski definition) is 4. The largest absolute Gasteiger partial charge is 0.368 e. The number of ether oxygens (including phenoxy) is 1. The van der Waals surface area contributed by atoms with Crippen molar-refractivity contribution in [2.45, 2.75) is 51.4 Å². The van der Waals surface area contributed by atoms with E-state index >= 15 is 0 Å². The van der Waals surface area contributed by atoms with E-state index < -0.39 is 24.3 Å². The molecule has 0 aromatic carbocycles. The molecule has 4 atom stereocenters. The number of nitrogens with one attached hydrogen (secondary N) is 2. The van der Waals surface area contributed by atoms with Gasteiger partial charge in [-0.1, -0.05) is 0 Å². The van der Waals surface area contributed by atoms with Crippen LogP contribution in [0.3, 0.4) is 0 Å². The fourth-order valence-electron chi connectivity index (χ4n) is 1.90. The number of hydrogen-bond acceptors (Lipinski definition) is 5. The van der Waals surface area contributed by atoms with Gasteiger partial charge in [-0.2, -0.15) is 0 Å². The highest BCUT2D eigenvalue weighted by atomic mass is 16.5. The van der Waals surface area contributed by atoms with Crippen LogP contribution in [0.4, 0.5) is 0 Å². The van der Waals surface area contributed by atoms with Gasteiger partial charge in [-0.15, -0.1) is 0 Å². The molecular formula is C10H18N2O5. The van der Waals surface area contributed by atoms with Gasteiger partial charge in [0.15, 0.2) is 6.29 Å². The van der Waals surface area contributed by atoms with Gasteiger partial charge in [0.05, 0.1) is 12.1 Å². The molecule has 1 heterocycles. The molecule has 1 saturated heterocycles. The van der Waals surface area contributed by atoms with E-state index in [1.807, 2.05) is 0 Å². The van der Waals surface area contributed by atoms with E-state index in [1.54, 1.807) is 6.92 Å². The van der Waals surface area contributed by atoms with Crippen molar-refractivity contribution in [3.63, 3.8) is 0 Å². The Morgan fingerprint density at radius 2 is 1.82 bits per heavy atom. The Balaban J connectivity index is 2.68. The first-order chi connectivity index (χ1) is 7.82. The van der Waals surface area contributed by atoms with Crippen LogP contribution in [0, 0.1) is 0 Å². The molecule has 0 bridgehead atoms. The normalized spacial score (nSPS) is 29.4. The summed E-state index contributed by atoms with van der Waals surface area (Å²) in [4.78, 5) is 21.9. The number of aliphatic hydroxyl groups is 2. The Bertz CT molecular complexity index is 307. The third-order valence-corrected chi connectivity index (χ3v) is 2.65. The summed E-state index contributed by atoms with van der Waals surface area (Å²) in [5.74, 6) is -0.628. The van der Waals surface area contributed by atoms with Crippen molar-refractivity contribution >= 4 is 11.8 Å². The van der Waals surface area contributed by atoms with Crippen LogP contribution >= 0.6 is 0 Å². The van der Waals surface area contributed by atoms with Crippen molar-refractivity contribution in [2.75, 3.05) is 0 Å². The molecule has 17 heavy (non-hydrogen) atoms. The van der Waals surface area contributed by atoms with E-state index in [0.29, 0.717) is 0 Å². The lowest BCUT2D eigenvalue weighted by Crippen LogP contribution is -2.70. The summed E-state index contributed by atoms with van der Waals surface area (Å²) in [6, 6.07) is -1.30. The standard InChI is InChI=1S/C10H18N2O5/c1-4-7(11-5(2)13)9(17-4)8(10(15)16)12-6(3)14/h4,7-10,15-16H,1-3H3,(H,11,13)(H,12,14). The smallest absolute Gasteiger partial charge is 0.217 e. The van der Waals surface area contributed by atoms with Crippen LogP contribution in [-0.4, -0.2) is 52.6 Å². The first kappa shape index (κ1) is 13.9. The van der Waals surface area contributed by atoms with E-state index in [-0.39, 0.29) is 18.1 Å². The maximum atomic E-state index is 11.0. The second-order valence-electron chi connectivity index (χ2n) is 4.17. The SMILES string of the molecule is CC(=O)NC(C(O)O)C1OC(C)C1NC(C)=O. The molecule has 1 fully saturated rings. The van der Waals surface area contributed by atoms with Gasteiger partial charge < -0.3 is 25.6 Å². The number of aliphatic hydroxyl groups excluding tert-OH is 1. The van der Waals surface area contributed by atoms with Crippen LogP contribution in [0.1, 0.15) is 20.8 Å². The summed E-state index contributed by atoms with van der Waals surface area (Å²) in [5, 5.41) is 23.4. The Kier molecular flexibility index (Phi) is 4.44. The minimum atomic E-state index is -1.74. The van der Waals surface area contributed by atoms with Crippen LogP contribution in [0.5, 0.6) is 0 Å². The van der Waals surface area contributed by atoms with Crippen molar-refractivity contribution in [2.24, 2.45) is 0 Å². The van der Waals surface area contributed by atoms with Gasteiger partial charge in [-0.3, -0.25) is 9.59 Å². The Morgan fingerprint density at radius 3 is 2.18 bits per heavy atom. The van der Waals surface area contributed by atoms with Crippen molar-refractivity contribution in [3.8, 4) is 0 Å². The number of carbonyl (C=O) groups excluding carboxylic acids is 2. The first-order valence-electron chi connectivity index (χ1n) is 5.38. The van der Waals surface area contributed by atoms with Gasteiger partial charge in [0.25, 0.3) is 0 Å². The average molecular weight is 246 g/mol. The summed E-state index contributed by atoms with van der Waals surface area (Å²) in [7, 11) is 0. The Hall–Kier alpha value is -1.18. The van der Waals surface area contributed by atoms with E-state index in [0.717, 1.165) is 0 Å². The summed E-state index contributed by atoms with van der Waals surface area (Å²) >= 11 is 0. The Morgan fingerprint density at radius 1 is 1.24 bits per heavy atom.